The Morgan fingerprint density at radius 1 is 1.29 bits per heavy atom. The van der Waals surface area contributed by atoms with Gasteiger partial charge in [-0.25, -0.2) is 4.79 Å². The molecule has 0 saturated heterocycles. The molecule has 1 unspecified atom stereocenters. The molecule has 1 N–H and O–H groups in total. The quantitative estimate of drug-likeness (QED) is 0.509. The molecule has 1 atom stereocenters. The summed E-state index contributed by atoms with van der Waals surface area (Å²) in [5.74, 6) is -0.959. The highest BCUT2D eigenvalue weighted by Gasteiger charge is 2.45. The zero-order valence-corrected chi connectivity index (χ0v) is 12.0. The number of rotatable bonds is 9. The summed E-state index contributed by atoms with van der Waals surface area (Å²) < 4.78 is 16.2. The van der Waals surface area contributed by atoms with Crippen molar-refractivity contribution >= 4 is 14.8 Å². The van der Waals surface area contributed by atoms with Crippen LogP contribution in [0.3, 0.4) is 0 Å². The van der Waals surface area contributed by atoms with E-state index in [0.29, 0.717) is 12.8 Å². The Labute approximate surface area is 104 Å². The molecule has 0 bridgehead atoms. The maximum Gasteiger partial charge on any atom is 0.503 e. The number of carboxylic acid groups (broad SMARTS) is 1. The van der Waals surface area contributed by atoms with E-state index in [0.717, 1.165) is 6.42 Å². The van der Waals surface area contributed by atoms with E-state index in [4.69, 9.17) is 18.4 Å². The predicted molar refractivity (Wildman–Crippen MR) is 66.8 cm³/mol. The lowest BCUT2D eigenvalue weighted by Gasteiger charge is -2.31. The van der Waals surface area contributed by atoms with Gasteiger partial charge in [0.25, 0.3) is 0 Å². The van der Waals surface area contributed by atoms with Gasteiger partial charge in [-0.05, 0) is 19.3 Å². The lowest BCUT2D eigenvalue weighted by atomic mass is 10.1. The van der Waals surface area contributed by atoms with Gasteiger partial charge in [0.05, 0.1) is 0 Å². The molecule has 0 rings (SSSR count). The van der Waals surface area contributed by atoms with E-state index >= 15 is 0 Å². The summed E-state index contributed by atoms with van der Waals surface area (Å²) in [4.78, 5) is 10.7. The standard InChI is InChI=1S/C11H22O5Si/c1-6-10(8-7-9(2)11(12)13)17(14-3,15-4)16-5/h10H,2,6-8H2,1,3-5H3,(H,12,13). The lowest BCUT2D eigenvalue weighted by molar-refractivity contribution is -0.132. The fourth-order valence-corrected chi connectivity index (χ4v) is 4.33. The fourth-order valence-electron chi connectivity index (χ4n) is 1.84. The highest BCUT2D eigenvalue weighted by molar-refractivity contribution is 6.62. The number of carbonyl (C=O) groups is 1. The van der Waals surface area contributed by atoms with Gasteiger partial charge in [-0.1, -0.05) is 13.5 Å². The van der Waals surface area contributed by atoms with Crippen molar-refractivity contribution in [2.24, 2.45) is 0 Å². The molecule has 0 heterocycles. The van der Waals surface area contributed by atoms with E-state index in [9.17, 15) is 4.79 Å². The number of aliphatic carboxylic acids is 1. The summed E-state index contributed by atoms with van der Waals surface area (Å²) in [6.45, 7) is 5.52. The summed E-state index contributed by atoms with van der Waals surface area (Å²) in [6.07, 6.45) is 1.87. The molecule has 0 aliphatic rings. The molecule has 0 aromatic rings. The Bertz CT molecular complexity index is 254. The van der Waals surface area contributed by atoms with Crippen LogP contribution in [0.5, 0.6) is 0 Å². The highest BCUT2D eigenvalue weighted by Crippen LogP contribution is 2.32. The van der Waals surface area contributed by atoms with E-state index in [2.05, 4.69) is 6.58 Å². The van der Waals surface area contributed by atoms with Crippen LogP contribution in [0.2, 0.25) is 5.54 Å². The Kier molecular flexibility index (Phi) is 7.29. The zero-order valence-electron chi connectivity index (χ0n) is 11.0. The topological polar surface area (TPSA) is 65.0 Å². The molecule has 17 heavy (non-hydrogen) atoms. The first kappa shape index (κ1) is 16.3. The first-order chi connectivity index (χ1) is 7.97. The molecule has 0 fully saturated rings. The average Bonchev–Trinajstić information content (AvgIpc) is 2.34. The normalized spacial score (nSPS) is 13.4. The molecule has 100 valence electrons. The maximum absolute atomic E-state index is 10.7. The first-order valence-electron chi connectivity index (χ1n) is 5.53. The first-order valence-corrected chi connectivity index (χ1v) is 7.34. The minimum absolute atomic E-state index is 0.0820. The molecule has 0 saturated carbocycles. The van der Waals surface area contributed by atoms with Crippen molar-refractivity contribution in [1.29, 1.82) is 0 Å². The summed E-state index contributed by atoms with van der Waals surface area (Å²) in [5, 5.41) is 8.76. The fraction of sp³-hybridized carbons (Fsp3) is 0.727. The van der Waals surface area contributed by atoms with Crippen molar-refractivity contribution in [3.63, 3.8) is 0 Å². The molecule has 5 nitrogen and oxygen atoms in total. The van der Waals surface area contributed by atoms with Crippen molar-refractivity contribution in [3.8, 4) is 0 Å². The van der Waals surface area contributed by atoms with Crippen molar-refractivity contribution in [2.75, 3.05) is 21.3 Å². The molecule has 0 aromatic carbocycles. The number of hydrogen-bond acceptors (Lipinski definition) is 4. The maximum atomic E-state index is 10.7. The summed E-state index contributed by atoms with van der Waals surface area (Å²) in [6, 6.07) is 0. The van der Waals surface area contributed by atoms with Crippen LogP contribution in [0.15, 0.2) is 12.2 Å². The third-order valence-electron chi connectivity index (χ3n) is 2.94. The van der Waals surface area contributed by atoms with Gasteiger partial charge in [-0.2, -0.15) is 0 Å². The second-order valence-electron chi connectivity index (χ2n) is 3.77. The van der Waals surface area contributed by atoms with Crippen LogP contribution in [0.4, 0.5) is 0 Å². The molecule has 0 aromatic heterocycles. The van der Waals surface area contributed by atoms with Gasteiger partial charge in [-0.3, -0.25) is 0 Å². The molecule has 0 radical (unpaired) electrons. The minimum Gasteiger partial charge on any atom is -0.478 e. The van der Waals surface area contributed by atoms with Crippen LogP contribution in [0.25, 0.3) is 0 Å². The lowest BCUT2D eigenvalue weighted by Crippen LogP contribution is -2.47. The minimum atomic E-state index is -2.68. The smallest absolute Gasteiger partial charge is 0.478 e. The van der Waals surface area contributed by atoms with Gasteiger partial charge in [0.15, 0.2) is 0 Å². The molecule has 0 aliphatic carbocycles. The predicted octanol–water partition coefficient (Wildman–Crippen LogP) is 2.07. The van der Waals surface area contributed by atoms with Crippen molar-refractivity contribution in [2.45, 2.75) is 31.7 Å². The molecular weight excluding hydrogens is 240 g/mol. The molecule has 6 heteroatoms. The van der Waals surface area contributed by atoms with Gasteiger partial charge in [0.2, 0.25) is 0 Å². The summed E-state index contributed by atoms with van der Waals surface area (Å²) in [7, 11) is 2.01. The average molecular weight is 262 g/mol. The van der Waals surface area contributed by atoms with Crippen LogP contribution in [0, 0.1) is 0 Å². The monoisotopic (exact) mass is 262 g/mol. The Hall–Kier alpha value is -0.693. The van der Waals surface area contributed by atoms with Crippen molar-refractivity contribution < 1.29 is 23.2 Å². The highest BCUT2D eigenvalue weighted by atomic mass is 28.4. The largest absolute Gasteiger partial charge is 0.503 e. The summed E-state index contributed by atoms with van der Waals surface area (Å²) in [5.41, 5.74) is 0.285. The Morgan fingerprint density at radius 2 is 1.76 bits per heavy atom. The van der Waals surface area contributed by atoms with Crippen LogP contribution in [0.1, 0.15) is 26.2 Å². The molecular formula is C11H22O5Si. The van der Waals surface area contributed by atoms with Gasteiger partial charge in [-0.15, -0.1) is 0 Å². The van der Waals surface area contributed by atoms with Gasteiger partial charge in [0.1, 0.15) is 0 Å². The number of carboxylic acids is 1. The second kappa shape index (κ2) is 7.60. The van der Waals surface area contributed by atoms with E-state index in [1.807, 2.05) is 6.92 Å². The van der Waals surface area contributed by atoms with E-state index in [1.165, 1.54) is 0 Å². The Morgan fingerprint density at radius 3 is 2.06 bits per heavy atom. The van der Waals surface area contributed by atoms with Gasteiger partial charge < -0.3 is 18.4 Å². The summed E-state index contributed by atoms with van der Waals surface area (Å²) >= 11 is 0. The van der Waals surface area contributed by atoms with Crippen LogP contribution in [-0.4, -0.2) is 41.2 Å². The third kappa shape index (κ3) is 4.23. The SMILES string of the molecule is C=C(CCC(CC)[Si](OC)(OC)OC)C(=O)O. The second-order valence-corrected chi connectivity index (χ2v) is 7.02. The molecule has 0 amide bonds. The van der Waals surface area contributed by atoms with Gasteiger partial charge in [0, 0.05) is 32.4 Å². The zero-order chi connectivity index (χ0) is 13.5. The third-order valence-corrected chi connectivity index (χ3v) is 6.35. The van der Waals surface area contributed by atoms with Crippen LogP contribution >= 0.6 is 0 Å². The Balaban J connectivity index is 4.60. The van der Waals surface area contributed by atoms with Crippen molar-refractivity contribution in [1.82, 2.24) is 0 Å². The molecule has 0 spiro atoms. The van der Waals surface area contributed by atoms with E-state index in [-0.39, 0.29) is 11.1 Å². The van der Waals surface area contributed by atoms with Crippen molar-refractivity contribution in [3.05, 3.63) is 12.2 Å². The van der Waals surface area contributed by atoms with Gasteiger partial charge >= 0.3 is 14.8 Å². The van der Waals surface area contributed by atoms with Crippen LogP contribution in [-0.2, 0) is 18.1 Å². The molecule has 0 aliphatic heterocycles. The van der Waals surface area contributed by atoms with Crippen LogP contribution < -0.4 is 0 Å². The number of hydrogen-bond donors (Lipinski definition) is 1. The van der Waals surface area contributed by atoms with E-state index < -0.39 is 14.8 Å². The van der Waals surface area contributed by atoms with E-state index in [1.54, 1.807) is 21.3 Å².